The maximum atomic E-state index is 12.4. The second kappa shape index (κ2) is 17.0. The maximum absolute atomic E-state index is 12.4. The molecule has 4 rings (SSSR count). The molecule has 2 amide bonds. The summed E-state index contributed by atoms with van der Waals surface area (Å²) in [6, 6.07) is 18.1. The third kappa shape index (κ3) is 10.3. The van der Waals surface area contributed by atoms with Gasteiger partial charge in [-0.3, -0.25) is 4.79 Å². The summed E-state index contributed by atoms with van der Waals surface area (Å²) in [5.41, 5.74) is 3.01. The van der Waals surface area contributed by atoms with E-state index < -0.39 is 17.6 Å². The number of urea groups is 1. The van der Waals surface area contributed by atoms with E-state index >= 15 is 0 Å². The third-order valence-electron chi connectivity index (χ3n) is 6.72. The molecule has 0 saturated heterocycles. The number of benzene rings is 3. The lowest BCUT2D eigenvalue weighted by Gasteiger charge is -2.26. The van der Waals surface area contributed by atoms with Gasteiger partial charge in [-0.05, 0) is 62.7 Å². The van der Waals surface area contributed by atoms with Crippen molar-refractivity contribution in [2.24, 2.45) is 0 Å². The van der Waals surface area contributed by atoms with Gasteiger partial charge in [-0.2, -0.15) is 0 Å². The zero-order valence-corrected chi connectivity index (χ0v) is 27.9. The van der Waals surface area contributed by atoms with Gasteiger partial charge in [-0.15, -0.1) is 6.42 Å². The van der Waals surface area contributed by atoms with Crippen LogP contribution >= 0.6 is 0 Å². The molecule has 4 aromatic rings. The molecule has 0 unspecified atom stereocenters. The highest BCUT2D eigenvalue weighted by molar-refractivity contribution is 5.94. The summed E-state index contributed by atoms with van der Waals surface area (Å²) in [4.78, 5) is 35.6. The highest BCUT2D eigenvalue weighted by atomic mass is 16.6. The number of amides is 2. The Bertz CT molecular complexity index is 1730. The first-order valence-electron chi connectivity index (χ1n) is 15.3. The lowest BCUT2D eigenvalue weighted by atomic mass is 10.1. The molecule has 12 heteroatoms. The number of ether oxygens (including phenoxy) is 5. The van der Waals surface area contributed by atoms with E-state index in [0.717, 1.165) is 16.6 Å². The van der Waals surface area contributed by atoms with E-state index in [0.29, 0.717) is 67.1 Å². The molecule has 12 nitrogen and oxygen atoms in total. The summed E-state index contributed by atoms with van der Waals surface area (Å²) in [5.74, 6) is 3.85. The lowest BCUT2D eigenvalue weighted by molar-refractivity contribution is -0.153. The Balaban J connectivity index is 1.63. The summed E-state index contributed by atoms with van der Waals surface area (Å²) in [6.45, 7) is 6.90. The molecule has 0 atom stereocenters. The molecule has 1 aromatic heterocycles. The minimum atomic E-state index is -0.638. The van der Waals surface area contributed by atoms with Gasteiger partial charge in [-0.25, -0.2) is 14.8 Å². The number of rotatable bonds is 15. The average Bonchev–Trinajstić information content (AvgIpc) is 3.06. The Morgan fingerprint density at radius 1 is 0.896 bits per heavy atom. The molecule has 252 valence electrons. The molecule has 0 radical (unpaired) electrons. The fraction of sp³-hybridized carbons (Fsp3) is 0.333. The number of fused-ring (bicyclic) bond motifs is 1. The second-order valence-electron chi connectivity index (χ2n) is 11.6. The fourth-order valence-corrected chi connectivity index (χ4v) is 4.59. The van der Waals surface area contributed by atoms with Crippen LogP contribution in [0, 0.1) is 12.3 Å². The van der Waals surface area contributed by atoms with Crippen LogP contribution in [0.3, 0.4) is 0 Å². The average molecular weight is 656 g/mol. The van der Waals surface area contributed by atoms with Crippen molar-refractivity contribution in [3.8, 4) is 23.8 Å². The van der Waals surface area contributed by atoms with E-state index in [1.807, 2.05) is 53.4 Å². The number of methoxy groups -OCH3 is 2. The molecule has 0 aliphatic carbocycles. The molecule has 48 heavy (non-hydrogen) atoms. The Morgan fingerprint density at radius 3 is 2.23 bits per heavy atom. The van der Waals surface area contributed by atoms with E-state index in [9.17, 15) is 9.59 Å². The minimum absolute atomic E-state index is 0.250. The van der Waals surface area contributed by atoms with Gasteiger partial charge in [0.15, 0.2) is 11.5 Å². The number of esters is 1. The van der Waals surface area contributed by atoms with Crippen molar-refractivity contribution in [3.63, 3.8) is 0 Å². The standard InChI is InChI=1S/C36H41N5O7/c1-7-25-9-8-10-28(19-25)41(23-26-11-13-27(14-12-26)40-35(43)37-22-33(42)48-36(2,3)4)34-29-20-31(46-17-15-44-5)32(47-18-16-45-6)21-30(29)38-24-39-34/h1,8-14,19-21,24H,15-18,22-23H2,2-6H3,(H2,37,40,43). The number of nitrogens with zero attached hydrogens (tertiary/aromatic N) is 3. The number of hydrogen-bond donors (Lipinski definition) is 2. The minimum Gasteiger partial charge on any atom is -0.487 e. The molecule has 0 aliphatic heterocycles. The number of anilines is 3. The first-order valence-corrected chi connectivity index (χ1v) is 15.3. The summed E-state index contributed by atoms with van der Waals surface area (Å²) in [6.07, 6.45) is 7.26. The lowest BCUT2D eigenvalue weighted by Crippen LogP contribution is -2.36. The van der Waals surface area contributed by atoms with E-state index in [1.54, 1.807) is 47.1 Å². The Labute approximate surface area is 280 Å². The van der Waals surface area contributed by atoms with Gasteiger partial charge < -0.3 is 39.2 Å². The molecular weight excluding hydrogens is 614 g/mol. The van der Waals surface area contributed by atoms with Crippen LogP contribution in [0.5, 0.6) is 11.5 Å². The maximum Gasteiger partial charge on any atom is 0.325 e. The molecule has 0 spiro atoms. The number of hydrogen-bond acceptors (Lipinski definition) is 10. The van der Waals surface area contributed by atoms with Gasteiger partial charge in [0.05, 0.1) is 18.7 Å². The Kier molecular flexibility index (Phi) is 12.5. The van der Waals surface area contributed by atoms with Crippen molar-refractivity contribution in [2.75, 3.05) is 57.4 Å². The van der Waals surface area contributed by atoms with Gasteiger partial charge in [0, 0.05) is 49.2 Å². The normalized spacial score (nSPS) is 11.0. The van der Waals surface area contributed by atoms with Crippen molar-refractivity contribution < 1.29 is 33.3 Å². The number of carbonyl (C=O) groups is 2. The van der Waals surface area contributed by atoms with Crippen LogP contribution in [0.4, 0.5) is 22.0 Å². The molecule has 3 aromatic carbocycles. The number of nitrogens with one attached hydrogen (secondary N) is 2. The molecule has 1 heterocycles. The van der Waals surface area contributed by atoms with Crippen molar-refractivity contribution in [2.45, 2.75) is 32.9 Å². The van der Waals surface area contributed by atoms with Gasteiger partial charge in [0.1, 0.15) is 37.5 Å². The summed E-state index contributed by atoms with van der Waals surface area (Å²) < 4.78 is 27.6. The van der Waals surface area contributed by atoms with Gasteiger partial charge >= 0.3 is 12.0 Å². The predicted molar refractivity (Wildman–Crippen MR) is 184 cm³/mol. The highest BCUT2D eigenvalue weighted by Gasteiger charge is 2.20. The molecule has 2 N–H and O–H groups in total. The predicted octanol–water partition coefficient (Wildman–Crippen LogP) is 5.46. The summed E-state index contributed by atoms with van der Waals surface area (Å²) in [7, 11) is 3.22. The molecule has 0 saturated carbocycles. The zero-order chi connectivity index (χ0) is 34.5. The molecular formula is C36H41N5O7. The van der Waals surface area contributed by atoms with Crippen LogP contribution in [0.2, 0.25) is 0 Å². The first kappa shape index (κ1) is 35.5. The van der Waals surface area contributed by atoms with Gasteiger partial charge in [0.2, 0.25) is 0 Å². The topological polar surface area (TPSA) is 133 Å². The fourth-order valence-electron chi connectivity index (χ4n) is 4.59. The van der Waals surface area contributed by atoms with Crippen molar-refractivity contribution in [3.05, 3.63) is 78.1 Å². The Morgan fingerprint density at radius 2 is 1.58 bits per heavy atom. The quantitative estimate of drug-likeness (QED) is 0.0966. The molecule has 0 bridgehead atoms. The molecule has 0 aliphatic rings. The second-order valence-corrected chi connectivity index (χ2v) is 11.6. The molecule has 0 fully saturated rings. The van der Waals surface area contributed by atoms with E-state index in [2.05, 4.69) is 21.5 Å². The smallest absolute Gasteiger partial charge is 0.325 e. The number of carbonyl (C=O) groups excluding carboxylic acids is 2. The SMILES string of the molecule is C#Cc1cccc(N(Cc2ccc(NC(=O)NCC(=O)OC(C)(C)C)cc2)c2ncnc3cc(OCCOC)c(OCCOC)cc23)c1. The van der Waals surface area contributed by atoms with E-state index in [1.165, 1.54) is 6.33 Å². The number of terminal acetylenes is 1. The van der Waals surface area contributed by atoms with Crippen LogP contribution in [0.25, 0.3) is 10.9 Å². The van der Waals surface area contributed by atoms with Crippen molar-refractivity contribution >= 4 is 40.1 Å². The van der Waals surface area contributed by atoms with E-state index in [4.69, 9.17) is 35.1 Å². The first-order chi connectivity index (χ1) is 23.1. The van der Waals surface area contributed by atoms with Gasteiger partial charge in [-0.1, -0.05) is 24.1 Å². The van der Waals surface area contributed by atoms with E-state index in [-0.39, 0.29) is 6.54 Å². The third-order valence-corrected chi connectivity index (χ3v) is 6.72. The number of aromatic nitrogens is 2. The zero-order valence-electron chi connectivity index (χ0n) is 27.9. The summed E-state index contributed by atoms with van der Waals surface area (Å²) in [5, 5.41) is 5.98. The van der Waals surface area contributed by atoms with Crippen LogP contribution < -0.4 is 25.0 Å². The van der Waals surface area contributed by atoms with Crippen molar-refractivity contribution in [1.29, 1.82) is 0 Å². The monoisotopic (exact) mass is 655 g/mol. The summed E-state index contributed by atoms with van der Waals surface area (Å²) >= 11 is 0. The van der Waals surface area contributed by atoms with Crippen molar-refractivity contribution in [1.82, 2.24) is 15.3 Å². The van der Waals surface area contributed by atoms with Gasteiger partial charge in [0.25, 0.3) is 0 Å². The van der Waals surface area contributed by atoms with Crippen LogP contribution in [-0.2, 0) is 25.5 Å². The largest absolute Gasteiger partial charge is 0.487 e. The Hall–Kier alpha value is -5.38. The van der Waals surface area contributed by atoms with Crippen LogP contribution in [0.1, 0.15) is 31.9 Å². The van der Waals surface area contributed by atoms with Crippen LogP contribution in [-0.4, -0.2) is 74.8 Å². The van der Waals surface area contributed by atoms with Crippen LogP contribution in [0.15, 0.2) is 67.0 Å². The highest BCUT2D eigenvalue weighted by Crippen LogP contribution is 2.38.